The van der Waals surface area contributed by atoms with Gasteiger partial charge in [0.15, 0.2) is 11.5 Å². The molecule has 7 nitrogen and oxygen atoms in total. The second kappa shape index (κ2) is 10.4. The van der Waals surface area contributed by atoms with Gasteiger partial charge in [-0.1, -0.05) is 41.6 Å². The molecular weight excluding hydrogens is 575 g/mol. The van der Waals surface area contributed by atoms with E-state index in [1.165, 1.54) is 36.4 Å². The number of fused-ring (bicyclic) bond motifs is 1. The van der Waals surface area contributed by atoms with Gasteiger partial charge in [-0.2, -0.15) is 44.6 Å². The molecule has 1 N–H and O–H groups in total. The summed E-state index contributed by atoms with van der Waals surface area (Å²) >= 11 is 0. The molecule has 1 aromatic heterocycles. The second-order valence-electron chi connectivity index (χ2n) is 9.19. The molecule has 1 amide bonds. The number of amides is 1. The Labute approximate surface area is 224 Å². The molecule has 220 valence electrons. The van der Waals surface area contributed by atoms with E-state index < -0.39 is 73.0 Å². The highest BCUT2D eigenvalue weighted by Crippen LogP contribution is 2.50. The summed E-state index contributed by atoms with van der Waals surface area (Å²) in [6, 6.07) is 8.78. The van der Waals surface area contributed by atoms with Crippen LogP contribution in [0.25, 0.3) is 10.8 Å². The van der Waals surface area contributed by atoms with Gasteiger partial charge in [0.2, 0.25) is 5.91 Å². The molecule has 3 aromatic rings. The molecule has 0 fully saturated rings. The minimum atomic E-state index is -5.21. The Balaban J connectivity index is 1.64. The van der Waals surface area contributed by atoms with Crippen LogP contribution in [0.4, 0.5) is 39.5 Å². The van der Waals surface area contributed by atoms with E-state index in [9.17, 15) is 49.1 Å². The predicted octanol–water partition coefficient (Wildman–Crippen LogP) is 5.82. The van der Waals surface area contributed by atoms with E-state index in [0.717, 1.165) is 7.05 Å². The molecule has 41 heavy (non-hydrogen) atoms. The number of benzene rings is 2. The van der Waals surface area contributed by atoms with Crippen LogP contribution < -0.4 is 5.32 Å². The molecule has 16 heteroatoms. The molecule has 1 atom stereocenters. The monoisotopic (exact) mass is 594 g/mol. The summed E-state index contributed by atoms with van der Waals surface area (Å²) < 4.78 is 120. The number of halogens is 9. The highest BCUT2D eigenvalue weighted by atomic mass is 19.4. The Morgan fingerprint density at radius 3 is 2.22 bits per heavy atom. The van der Waals surface area contributed by atoms with Crippen molar-refractivity contribution in [3.05, 3.63) is 65.0 Å². The van der Waals surface area contributed by atoms with E-state index in [0.29, 0.717) is 4.68 Å². The summed E-state index contributed by atoms with van der Waals surface area (Å²) in [7, 11) is 0.915. The Morgan fingerprint density at radius 2 is 1.63 bits per heavy atom. The van der Waals surface area contributed by atoms with Crippen LogP contribution in [-0.2, 0) is 28.5 Å². The van der Waals surface area contributed by atoms with E-state index in [2.05, 4.69) is 10.3 Å². The molecule has 1 unspecified atom stereocenters. The lowest BCUT2D eigenvalue weighted by Gasteiger charge is -2.29. The zero-order valence-corrected chi connectivity index (χ0v) is 20.8. The van der Waals surface area contributed by atoms with Crippen LogP contribution in [-0.4, -0.2) is 46.1 Å². The number of hydrogen-bond acceptors (Lipinski definition) is 5. The van der Waals surface area contributed by atoms with E-state index in [4.69, 9.17) is 4.84 Å². The summed E-state index contributed by atoms with van der Waals surface area (Å²) in [6.07, 6.45) is -16.8. The first-order chi connectivity index (χ1) is 18.9. The molecule has 2 heterocycles. The van der Waals surface area contributed by atoms with Gasteiger partial charge in [0.05, 0.1) is 17.8 Å². The van der Waals surface area contributed by atoms with Crippen molar-refractivity contribution in [1.29, 1.82) is 0 Å². The molecule has 0 spiro atoms. The third kappa shape index (κ3) is 6.00. The highest BCUT2D eigenvalue weighted by Gasteiger charge is 2.64. The van der Waals surface area contributed by atoms with Gasteiger partial charge in [0.25, 0.3) is 5.60 Å². The molecule has 0 saturated heterocycles. The number of aromatic nitrogens is 2. The van der Waals surface area contributed by atoms with Crippen molar-refractivity contribution in [2.75, 3.05) is 6.54 Å². The zero-order valence-electron chi connectivity index (χ0n) is 20.8. The third-order valence-corrected chi connectivity index (χ3v) is 6.37. The maximum atomic E-state index is 14.4. The number of rotatable bonds is 7. The van der Waals surface area contributed by atoms with Gasteiger partial charge >= 0.3 is 18.5 Å². The van der Waals surface area contributed by atoms with Gasteiger partial charge in [-0.05, 0) is 16.8 Å². The largest absolute Gasteiger partial charge is 0.437 e. The molecule has 0 radical (unpaired) electrons. The first-order valence-electron chi connectivity index (χ1n) is 11.8. The van der Waals surface area contributed by atoms with Gasteiger partial charge < -0.3 is 10.2 Å². The van der Waals surface area contributed by atoms with Crippen molar-refractivity contribution in [2.45, 2.75) is 43.4 Å². The number of nitrogens with one attached hydrogen (secondary N) is 1. The fourth-order valence-electron chi connectivity index (χ4n) is 4.44. The van der Waals surface area contributed by atoms with Crippen LogP contribution in [0.1, 0.15) is 46.6 Å². The smallest absolute Gasteiger partial charge is 0.372 e. The van der Waals surface area contributed by atoms with Crippen LogP contribution >= 0.6 is 0 Å². The Bertz CT molecular complexity index is 1520. The number of Topliss-reactive ketones (excluding diaryl/α,β-unsaturated/α-hetero) is 1. The number of nitrogens with zero attached hydrogens (tertiary/aromatic N) is 3. The predicted molar refractivity (Wildman–Crippen MR) is 125 cm³/mol. The Kier molecular flexibility index (Phi) is 7.56. The molecule has 0 aliphatic carbocycles. The van der Waals surface area contributed by atoms with Crippen molar-refractivity contribution >= 4 is 28.2 Å². The van der Waals surface area contributed by atoms with Crippen molar-refractivity contribution in [3.8, 4) is 0 Å². The van der Waals surface area contributed by atoms with E-state index in [1.807, 2.05) is 0 Å². The van der Waals surface area contributed by atoms with Crippen LogP contribution in [0.5, 0.6) is 0 Å². The summed E-state index contributed by atoms with van der Waals surface area (Å²) in [5, 5.41) is 8.89. The Morgan fingerprint density at radius 1 is 0.976 bits per heavy atom. The van der Waals surface area contributed by atoms with Crippen LogP contribution in [0.3, 0.4) is 0 Å². The zero-order chi connectivity index (χ0) is 30.4. The summed E-state index contributed by atoms with van der Waals surface area (Å²) in [4.78, 5) is 29.4. The fraction of sp³-hybridized carbons (Fsp3) is 0.360. The Hall–Kier alpha value is -4.11. The number of carbonyl (C=O) groups excluding carboxylic acids is 2. The molecule has 4 rings (SSSR count). The molecule has 1 aliphatic heterocycles. The normalized spacial score (nSPS) is 17.9. The average Bonchev–Trinajstić information content (AvgIpc) is 3.49. The number of aryl methyl sites for hydroxylation is 1. The molecule has 0 saturated carbocycles. The van der Waals surface area contributed by atoms with Crippen molar-refractivity contribution in [2.24, 2.45) is 12.2 Å². The first kappa shape index (κ1) is 29.9. The van der Waals surface area contributed by atoms with Gasteiger partial charge in [-0.15, -0.1) is 0 Å². The fourth-order valence-corrected chi connectivity index (χ4v) is 4.44. The third-order valence-electron chi connectivity index (χ3n) is 6.37. The van der Waals surface area contributed by atoms with Crippen LogP contribution in [0.15, 0.2) is 47.6 Å². The quantitative estimate of drug-likeness (QED) is 0.276. The number of alkyl halides is 9. The van der Waals surface area contributed by atoms with Gasteiger partial charge in [-0.3, -0.25) is 14.3 Å². The van der Waals surface area contributed by atoms with E-state index in [1.54, 1.807) is 5.32 Å². The number of carbonyl (C=O) groups is 2. The SMILES string of the molecule is Cn1nc(C(F)(F)F)cc1C1(C(F)(F)F)CC(c2ccc(C(=O)CCC(=O)NCC(F)(F)F)c3ccccc23)=NO1. The maximum Gasteiger partial charge on any atom is 0.437 e. The standard InChI is InChI=1S/C25H19F9N4O3/c1-38-20(10-19(36-38)24(29,30)31)22(25(32,33)34)11-17(37-41-22)15-6-7-16(14-5-3-2-4-13(14)15)18(39)8-9-21(40)35-12-23(26,27)28/h2-7,10H,8-9,11-12H2,1H3,(H,35,40). The molecular formula is C25H19F9N4O3. The lowest BCUT2D eigenvalue weighted by Crippen LogP contribution is -2.44. The molecule has 1 aliphatic rings. The van der Waals surface area contributed by atoms with Gasteiger partial charge in [0, 0.05) is 31.0 Å². The number of ketones is 1. The minimum Gasteiger partial charge on any atom is -0.372 e. The lowest BCUT2D eigenvalue weighted by molar-refractivity contribution is -0.278. The summed E-state index contributed by atoms with van der Waals surface area (Å²) in [6.45, 7) is -1.56. The topological polar surface area (TPSA) is 85.6 Å². The summed E-state index contributed by atoms with van der Waals surface area (Å²) in [5.41, 5.74) is -5.86. The van der Waals surface area contributed by atoms with Crippen LogP contribution in [0.2, 0.25) is 0 Å². The maximum absolute atomic E-state index is 14.4. The molecule has 0 bridgehead atoms. The number of oxime groups is 1. The second-order valence-corrected chi connectivity index (χ2v) is 9.19. The lowest BCUT2D eigenvalue weighted by atomic mass is 9.87. The molecule has 2 aromatic carbocycles. The van der Waals surface area contributed by atoms with Gasteiger partial charge in [0.1, 0.15) is 6.54 Å². The number of hydrogen-bond donors (Lipinski definition) is 1. The van der Waals surface area contributed by atoms with Gasteiger partial charge in [-0.25, -0.2) is 0 Å². The van der Waals surface area contributed by atoms with Crippen molar-refractivity contribution in [1.82, 2.24) is 15.1 Å². The summed E-state index contributed by atoms with van der Waals surface area (Å²) in [5.74, 6) is -1.61. The van der Waals surface area contributed by atoms with E-state index in [-0.39, 0.29) is 33.7 Å². The minimum absolute atomic E-state index is 0.0519. The van der Waals surface area contributed by atoms with Crippen molar-refractivity contribution in [3.63, 3.8) is 0 Å². The van der Waals surface area contributed by atoms with Crippen LogP contribution in [0, 0.1) is 0 Å². The van der Waals surface area contributed by atoms with E-state index >= 15 is 0 Å². The average molecular weight is 594 g/mol. The van der Waals surface area contributed by atoms with Crippen molar-refractivity contribution < 1.29 is 53.9 Å². The highest BCUT2D eigenvalue weighted by molar-refractivity contribution is 6.17. The first-order valence-corrected chi connectivity index (χ1v) is 11.8.